The van der Waals surface area contributed by atoms with E-state index in [0.29, 0.717) is 90.0 Å². The van der Waals surface area contributed by atoms with Gasteiger partial charge in [0.2, 0.25) is 0 Å². The van der Waals surface area contributed by atoms with Gasteiger partial charge in [-0.1, -0.05) is 136 Å². The van der Waals surface area contributed by atoms with E-state index in [2.05, 4.69) is 163 Å². The maximum absolute atomic E-state index is 14.0. The first-order valence-corrected chi connectivity index (χ1v) is 40.3. The van der Waals surface area contributed by atoms with Crippen LogP contribution in [0, 0.1) is 39.3 Å². The molecule has 4 aliphatic heterocycles. The Labute approximate surface area is 708 Å². The first-order valence-electron chi connectivity index (χ1n) is 40.3. The zero-order valence-corrected chi connectivity index (χ0v) is 70.4. The minimum atomic E-state index is -0.509. The smallest absolute Gasteiger partial charge is 0.266 e. The van der Waals surface area contributed by atoms with Crippen LogP contribution in [0.25, 0.3) is 22.3 Å². The zero-order chi connectivity index (χ0) is 85.5. The Hall–Kier alpha value is -13.8. The van der Waals surface area contributed by atoms with Gasteiger partial charge in [-0.05, 0) is 218 Å². The lowest BCUT2D eigenvalue weighted by atomic mass is 9.93. The van der Waals surface area contributed by atoms with E-state index in [1.807, 2.05) is 83.1 Å². The van der Waals surface area contributed by atoms with Gasteiger partial charge >= 0.3 is 0 Å². The molecule has 0 aliphatic carbocycles. The lowest BCUT2D eigenvalue weighted by Gasteiger charge is -2.29. The van der Waals surface area contributed by atoms with Crippen LogP contribution in [0.2, 0.25) is 0 Å². The van der Waals surface area contributed by atoms with E-state index < -0.39 is 5.82 Å². The van der Waals surface area contributed by atoms with Crippen molar-refractivity contribution in [1.29, 1.82) is 0 Å². The van der Waals surface area contributed by atoms with Gasteiger partial charge in [-0.25, -0.2) is 13.8 Å². The quantitative estimate of drug-likeness (QED) is 0.0653. The fourth-order valence-corrected chi connectivity index (χ4v) is 14.7. The van der Waals surface area contributed by atoms with Crippen LogP contribution in [0.5, 0.6) is 0 Å². The molecule has 32 heteroatoms. The van der Waals surface area contributed by atoms with E-state index in [1.54, 1.807) is 88.1 Å². The number of hydrogen-bond donors (Lipinski definition) is 1. The van der Waals surface area contributed by atoms with Crippen LogP contribution in [-0.2, 0) is 53.4 Å². The Morgan fingerprint density at radius 1 is 0.434 bits per heavy atom. The predicted molar refractivity (Wildman–Crippen MR) is 465 cm³/mol. The highest BCUT2D eigenvalue weighted by molar-refractivity contribution is 6.05. The van der Waals surface area contributed by atoms with Crippen molar-refractivity contribution < 1.29 is 28.0 Å². The van der Waals surface area contributed by atoms with E-state index in [4.69, 9.17) is 0 Å². The normalized spacial score (nSPS) is 14.2. The molecule has 1 amide bonds. The van der Waals surface area contributed by atoms with Crippen LogP contribution >= 0.6 is 0 Å². The summed E-state index contributed by atoms with van der Waals surface area (Å²) in [5.74, 6) is 1.63. The van der Waals surface area contributed by atoms with Crippen molar-refractivity contribution in [3.8, 4) is 0 Å². The number of aromatic nitrogens is 21. The van der Waals surface area contributed by atoms with E-state index in [0.717, 1.165) is 127 Å². The minimum absolute atomic E-state index is 0. The third-order valence-electron chi connectivity index (χ3n) is 22.1. The minimum Gasteiger partial charge on any atom is -0.334 e. The average molecular weight is 1650 g/mol. The molecule has 5 aromatic carbocycles. The second kappa shape index (κ2) is 39.8. The standard InChI is InChI=1S/C25H28FN5O.C22H24N6O.C21H22FN7O.C21H24N8O.CH4/c1-4-20-21(7-6-8-23(20)26)24(32)15-18-9-11-19(12-10-18)22-16-30(14-13-17(22)3)25-27-29-31(5-2)28-25;1-15-10-12-28(22-24-26-27(3)25-22)14-20(15)18-8-6-17(7-9-18)13-21(29)19-5-4-11-23-16(19)2;1-13-4-5-16(18(22)8-13)20(30)9-15-10-24-19(11-23-15)17-12-29(7-6-14(17)2)21-25-27-28(3)26-21;1-13-6-5-7-16(15(13)3)20(30)24-19-11-22-18(10-23-19)17-12-29(9-8-14(17)2)21-25-27-28(4)26-21;/h6-12H,4-5,13-16H2,1-3H3;4-9,11H,10,12-14H2,1-3H3;4-5,8,10-11H,6-7,9,12H2,1-3H3;5-7,10-11H,8-9,12H2,1-4H3,(H,23,24,30);1H4. The molecule has 0 radical (unpaired) electrons. The molecule has 122 heavy (non-hydrogen) atoms. The Bertz CT molecular complexity index is 5890. The highest BCUT2D eigenvalue weighted by atomic mass is 19.1. The van der Waals surface area contributed by atoms with Crippen molar-refractivity contribution in [2.45, 2.75) is 135 Å². The first kappa shape index (κ1) is 87.5. The summed E-state index contributed by atoms with van der Waals surface area (Å²) < 4.78 is 28.1. The number of aryl methyl sites for hydroxylation is 7. The molecule has 30 nitrogen and oxygen atoms in total. The zero-order valence-electron chi connectivity index (χ0n) is 70.4. The molecule has 0 atom stereocenters. The third kappa shape index (κ3) is 21.4. The number of ketones is 3. The van der Waals surface area contributed by atoms with Crippen LogP contribution in [-0.4, -0.2) is 181 Å². The van der Waals surface area contributed by atoms with Gasteiger partial charge in [0.1, 0.15) is 11.6 Å². The molecule has 0 fully saturated rings. The van der Waals surface area contributed by atoms with Crippen LogP contribution in [0.15, 0.2) is 169 Å². The number of halogens is 2. The Morgan fingerprint density at radius 3 is 1.35 bits per heavy atom. The topological polar surface area (TPSA) is 332 Å². The van der Waals surface area contributed by atoms with Gasteiger partial charge in [0.25, 0.3) is 29.7 Å². The number of amides is 1. The molecule has 0 saturated carbocycles. The Kier molecular flexibility index (Phi) is 28.6. The maximum Gasteiger partial charge on any atom is 0.266 e. The molecule has 16 rings (SSSR count). The number of pyridine rings is 1. The SMILES string of the molecule is C.CC1=C(c2ccc(CC(=O)c3cccnc3C)cc2)CN(c2nnn(C)n2)CC1.CC1=C(c2cnc(CC(=O)c3ccc(C)cc3F)cn2)CN(c2nnn(C)n2)CC1.CC1=C(c2cnc(NC(=O)c3cccc(C)c3C)cn2)CN(c2nnn(C)n2)CC1.CCc1c(F)cccc1C(=O)Cc1ccc(C2=C(C)CCN(c3nnn(CC)n3)C2)cc1. The summed E-state index contributed by atoms with van der Waals surface area (Å²) in [6.45, 7) is 26.8. The van der Waals surface area contributed by atoms with Gasteiger partial charge in [0.05, 0.1) is 75.3 Å². The average Bonchev–Trinajstić information content (AvgIpc) is 1.48. The maximum atomic E-state index is 14.0. The van der Waals surface area contributed by atoms with E-state index in [1.165, 1.54) is 71.6 Å². The second-order valence-electron chi connectivity index (χ2n) is 30.6. The summed E-state index contributed by atoms with van der Waals surface area (Å²) in [4.78, 5) is 86.9. The number of carbonyl (C=O) groups excluding carboxylic acids is 4. The van der Waals surface area contributed by atoms with Crippen molar-refractivity contribution in [1.82, 2.24) is 106 Å². The molecule has 0 saturated heterocycles. The summed E-state index contributed by atoms with van der Waals surface area (Å²) >= 11 is 0. The highest BCUT2D eigenvalue weighted by Gasteiger charge is 2.28. The third-order valence-corrected chi connectivity index (χ3v) is 22.1. The molecular weight excluding hydrogens is 1550 g/mol. The molecule has 0 unspecified atom stereocenters. The summed E-state index contributed by atoms with van der Waals surface area (Å²) in [6.07, 6.45) is 13.0. The predicted octanol–water partition coefficient (Wildman–Crippen LogP) is 13.3. The van der Waals surface area contributed by atoms with Crippen LogP contribution < -0.4 is 24.9 Å². The number of Topliss-reactive ketones (excluding diaryl/α,β-unsaturated/α-hetero) is 3. The number of hydrogen-bond acceptors (Lipinski definition) is 25. The number of nitrogens with one attached hydrogen (secondary N) is 1. The molecule has 4 aliphatic rings. The fourth-order valence-electron chi connectivity index (χ4n) is 14.7. The lowest BCUT2D eigenvalue weighted by molar-refractivity contribution is 0.0980. The number of nitrogens with zero attached hydrogens (tertiary/aromatic N) is 25. The summed E-state index contributed by atoms with van der Waals surface area (Å²) in [7, 11) is 5.26. The van der Waals surface area contributed by atoms with Crippen molar-refractivity contribution in [3.63, 3.8) is 0 Å². The molecule has 7 aromatic heterocycles. The number of benzene rings is 5. The van der Waals surface area contributed by atoms with Crippen LogP contribution in [0.4, 0.5) is 38.4 Å². The van der Waals surface area contributed by atoms with Gasteiger partial charge in [-0.2, -0.15) is 19.2 Å². The van der Waals surface area contributed by atoms with E-state index in [-0.39, 0.29) is 54.9 Å². The number of anilines is 5. The molecular formula is C90H102F2N26O4. The second-order valence-corrected chi connectivity index (χ2v) is 30.6. The first-order chi connectivity index (χ1) is 58.3. The molecule has 12 aromatic rings. The summed E-state index contributed by atoms with van der Waals surface area (Å²) in [6, 6.07) is 35.0. The molecule has 630 valence electrons. The van der Waals surface area contributed by atoms with Gasteiger partial charge in [0.15, 0.2) is 23.2 Å². The number of tetrazole rings is 4. The van der Waals surface area contributed by atoms with Crippen molar-refractivity contribution in [2.75, 3.05) is 77.3 Å². The largest absolute Gasteiger partial charge is 0.334 e. The molecule has 11 heterocycles. The van der Waals surface area contributed by atoms with Crippen molar-refractivity contribution in [3.05, 3.63) is 270 Å². The number of carbonyl (C=O) groups is 4. The monoisotopic (exact) mass is 1650 g/mol. The Morgan fingerprint density at radius 2 is 0.893 bits per heavy atom. The Balaban J connectivity index is 0.000000148. The van der Waals surface area contributed by atoms with E-state index in [9.17, 15) is 28.0 Å². The summed E-state index contributed by atoms with van der Waals surface area (Å²) in [5.41, 5.74) is 22.1. The van der Waals surface area contributed by atoms with Gasteiger partial charge in [0, 0.05) is 100.0 Å². The number of rotatable bonds is 21. The highest BCUT2D eigenvalue weighted by Crippen LogP contribution is 2.33. The van der Waals surface area contributed by atoms with Crippen LogP contribution in [0.1, 0.15) is 183 Å². The molecule has 0 spiro atoms. The fraction of sp³-hybridized carbons (Fsp3) is 0.344. The van der Waals surface area contributed by atoms with Gasteiger partial charge in [-0.3, -0.25) is 39.1 Å². The van der Waals surface area contributed by atoms with Crippen molar-refractivity contribution >= 4 is 75.2 Å². The van der Waals surface area contributed by atoms with Gasteiger partial charge < -0.3 is 24.9 Å². The lowest BCUT2D eigenvalue weighted by Crippen LogP contribution is -2.32. The van der Waals surface area contributed by atoms with Crippen molar-refractivity contribution in [2.24, 2.45) is 21.1 Å². The van der Waals surface area contributed by atoms with Crippen LogP contribution in [0.3, 0.4) is 0 Å². The molecule has 0 bridgehead atoms. The summed E-state index contributed by atoms with van der Waals surface area (Å²) in [5, 5.41) is 52.5. The van der Waals surface area contributed by atoms with Gasteiger partial charge in [-0.15, -0.1) is 20.4 Å². The molecule has 1 N–H and O–H groups in total. The van der Waals surface area contributed by atoms with E-state index >= 15 is 0 Å².